The predicted octanol–water partition coefficient (Wildman–Crippen LogP) is 9.65. The largest absolute Gasteiger partial charge is 0.460 e. The fourth-order valence-corrected chi connectivity index (χ4v) is 8.77. The van der Waals surface area contributed by atoms with Gasteiger partial charge in [-0.2, -0.15) is 0 Å². The van der Waals surface area contributed by atoms with E-state index in [0.717, 1.165) is 5.56 Å². The minimum Gasteiger partial charge on any atom is -0.460 e. The van der Waals surface area contributed by atoms with Crippen LogP contribution in [-0.2, 0) is 34.2 Å². The third kappa shape index (κ3) is 10.3. The van der Waals surface area contributed by atoms with Crippen LogP contribution in [0.5, 0.6) is 5.75 Å². The topological polar surface area (TPSA) is 128 Å². The van der Waals surface area contributed by atoms with Crippen LogP contribution in [0.15, 0.2) is 48.5 Å². The van der Waals surface area contributed by atoms with Crippen molar-refractivity contribution < 1.29 is 37.2 Å². The molecule has 1 saturated heterocycles. The van der Waals surface area contributed by atoms with Crippen LogP contribution in [0.3, 0.4) is 0 Å². The van der Waals surface area contributed by atoms with Crippen molar-refractivity contribution in [1.29, 1.82) is 0 Å². The number of nitrogens with one attached hydrogen (secondary N) is 1. The number of nitrogens with zero attached hydrogens (tertiary/aromatic N) is 1. The van der Waals surface area contributed by atoms with Gasteiger partial charge in [0.1, 0.15) is 30.7 Å². The molecule has 292 valence electrons. The van der Waals surface area contributed by atoms with Crippen LogP contribution in [0.25, 0.3) is 0 Å². The first-order chi connectivity index (χ1) is 23.6. The van der Waals surface area contributed by atoms with Gasteiger partial charge in [0.25, 0.3) is 5.69 Å². The molecule has 11 nitrogen and oxygen atoms in total. The molecule has 0 bridgehead atoms. The Hall–Kier alpha value is -2.60. The van der Waals surface area contributed by atoms with Crippen molar-refractivity contribution in [3.05, 3.63) is 64.2 Å². The van der Waals surface area contributed by atoms with Crippen LogP contribution in [0.2, 0.25) is 54.4 Å². The fraction of sp³-hybridized carbons (Fsp3) is 0.658. The Bertz CT molecular complexity index is 1530. The summed E-state index contributed by atoms with van der Waals surface area (Å²) in [5.74, 6) is -0.304. The van der Waals surface area contributed by atoms with Gasteiger partial charge in [-0.05, 0) is 66.0 Å². The lowest BCUT2D eigenvalue weighted by Crippen LogP contribution is -2.69. The average Bonchev–Trinajstić information content (AvgIpc) is 3.01. The number of nitro benzene ring substituents is 1. The highest BCUT2D eigenvalue weighted by Gasteiger charge is 2.59. The molecule has 0 aromatic heterocycles. The van der Waals surface area contributed by atoms with Gasteiger partial charge >= 0.3 is 5.97 Å². The Labute approximate surface area is 315 Å². The molecule has 0 amide bonds. The molecule has 0 spiro atoms. The molecule has 14 heteroatoms. The normalized spacial score (nSPS) is 22.1. The molecular weight excluding hydrogens is 713 g/mol. The maximum Gasteiger partial charge on any atom is 0.338 e. The monoisotopic (exact) mass is 776 g/mol. The Morgan fingerprint density at radius 3 is 1.71 bits per heavy atom. The lowest BCUT2D eigenvalue weighted by molar-refractivity contribution is -0.384. The second-order valence-corrected chi connectivity index (χ2v) is 32.6. The number of anilines is 1. The van der Waals surface area contributed by atoms with Crippen LogP contribution in [-0.4, -0.2) is 73.6 Å². The average molecular weight is 777 g/mol. The molecule has 1 fully saturated rings. The third-order valence-electron chi connectivity index (χ3n) is 11.3. The van der Waals surface area contributed by atoms with Crippen LogP contribution >= 0.6 is 0 Å². The Balaban J connectivity index is 2.31. The Kier molecular flexibility index (Phi) is 13.5. The van der Waals surface area contributed by atoms with Crippen molar-refractivity contribution >= 4 is 42.3 Å². The van der Waals surface area contributed by atoms with E-state index in [1.807, 2.05) is 30.3 Å². The fourth-order valence-electron chi connectivity index (χ4n) is 4.90. The summed E-state index contributed by atoms with van der Waals surface area (Å²) in [7, 11) is -6.11. The number of carbonyl (C=O) groups is 1. The van der Waals surface area contributed by atoms with Gasteiger partial charge in [-0.15, -0.1) is 0 Å². The van der Waals surface area contributed by atoms with E-state index >= 15 is 0 Å². The lowest BCUT2D eigenvalue weighted by atomic mass is 9.99. The number of hydrogen-bond acceptors (Lipinski definition) is 10. The van der Waals surface area contributed by atoms with E-state index in [4.69, 9.17) is 27.5 Å². The highest BCUT2D eigenvalue weighted by atomic mass is 28.4. The number of non-ortho nitro benzene ring substituents is 1. The van der Waals surface area contributed by atoms with Crippen LogP contribution in [0.4, 0.5) is 11.4 Å². The first kappa shape index (κ1) is 43.8. The molecular formula is C38H64N2O9Si3. The van der Waals surface area contributed by atoms with Crippen molar-refractivity contribution in [2.75, 3.05) is 12.4 Å². The standard InChI is InChI=1S/C38H64N2O9Si3/c1-36(2,3)50(11,12)47-30-31(48-51(13,14)37(4,5)6)33(49-52(15,16)38(7,8)9)35(45-29-23-22-27(40(42)43)24-28(29)39-10)46-32(30)34(41)44-25-26-20-18-17-19-21-26/h17-24,30-33,35,39H,25H2,1-16H3. The van der Waals surface area contributed by atoms with E-state index in [9.17, 15) is 14.9 Å². The molecule has 0 aliphatic carbocycles. The SMILES string of the molecule is CNc1cc([N+](=O)[O-])ccc1OC1OC(C(=O)OCc2ccccc2)C(O[Si](C)(C)C(C)(C)C)C(O[Si](C)(C)C(C)(C)C)C1O[Si](C)(C)C(C)(C)C. The van der Waals surface area contributed by atoms with Gasteiger partial charge in [-0.1, -0.05) is 92.6 Å². The van der Waals surface area contributed by atoms with Crippen molar-refractivity contribution in [1.82, 2.24) is 0 Å². The number of ether oxygens (including phenoxy) is 3. The summed E-state index contributed by atoms with van der Waals surface area (Å²) in [6, 6.07) is 13.8. The van der Waals surface area contributed by atoms with E-state index < -0.39 is 66.6 Å². The number of hydrogen-bond donors (Lipinski definition) is 1. The molecule has 3 rings (SSSR count). The van der Waals surface area contributed by atoms with Gasteiger partial charge in [0.2, 0.25) is 6.29 Å². The minimum atomic E-state index is -2.59. The minimum absolute atomic E-state index is 0.0434. The summed E-state index contributed by atoms with van der Waals surface area (Å²) in [4.78, 5) is 25.6. The van der Waals surface area contributed by atoms with Crippen molar-refractivity contribution in [2.45, 2.75) is 154 Å². The smallest absolute Gasteiger partial charge is 0.338 e. The summed E-state index contributed by atoms with van der Waals surface area (Å²) < 4.78 is 41.3. The second-order valence-electron chi connectivity index (χ2n) is 18.4. The molecule has 2 aromatic carbocycles. The Morgan fingerprint density at radius 1 is 0.769 bits per heavy atom. The van der Waals surface area contributed by atoms with Gasteiger partial charge in [-0.3, -0.25) is 10.1 Å². The number of carbonyl (C=O) groups excluding carboxylic acids is 1. The zero-order valence-corrected chi connectivity index (χ0v) is 37.3. The maximum absolute atomic E-state index is 14.4. The van der Waals surface area contributed by atoms with E-state index in [1.54, 1.807) is 7.05 Å². The number of rotatable bonds is 13. The first-order valence-electron chi connectivity index (χ1n) is 18.1. The Morgan fingerprint density at radius 2 is 1.25 bits per heavy atom. The molecule has 1 aliphatic rings. The number of nitro groups is 1. The highest BCUT2D eigenvalue weighted by molar-refractivity contribution is 6.75. The molecule has 2 aromatic rings. The van der Waals surface area contributed by atoms with E-state index in [2.05, 4.69) is 107 Å². The van der Waals surface area contributed by atoms with E-state index in [1.165, 1.54) is 18.2 Å². The lowest BCUT2D eigenvalue weighted by Gasteiger charge is -2.53. The van der Waals surface area contributed by atoms with Crippen molar-refractivity contribution in [3.63, 3.8) is 0 Å². The maximum atomic E-state index is 14.4. The summed E-state index contributed by atoms with van der Waals surface area (Å²) in [6.45, 7) is 32.4. The molecule has 1 heterocycles. The van der Waals surface area contributed by atoms with Gasteiger partial charge in [0, 0.05) is 19.2 Å². The van der Waals surface area contributed by atoms with Crippen LogP contribution < -0.4 is 10.1 Å². The number of benzene rings is 2. The molecule has 1 aliphatic heterocycles. The quantitative estimate of drug-likeness (QED) is 0.0909. The van der Waals surface area contributed by atoms with Crippen LogP contribution in [0, 0.1) is 10.1 Å². The molecule has 5 unspecified atom stereocenters. The van der Waals surface area contributed by atoms with Gasteiger partial charge in [0.05, 0.1) is 10.6 Å². The molecule has 0 saturated carbocycles. The molecule has 52 heavy (non-hydrogen) atoms. The summed E-state index contributed by atoms with van der Waals surface area (Å²) in [5.41, 5.74) is 1.12. The zero-order valence-electron chi connectivity index (χ0n) is 34.3. The van der Waals surface area contributed by atoms with E-state index in [-0.39, 0.29) is 27.4 Å². The van der Waals surface area contributed by atoms with E-state index in [0.29, 0.717) is 11.4 Å². The molecule has 0 radical (unpaired) electrons. The molecule has 1 N–H and O–H groups in total. The number of esters is 1. The van der Waals surface area contributed by atoms with Crippen molar-refractivity contribution in [2.24, 2.45) is 0 Å². The second kappa shape index (κ2) is 16.0. The van der Waals surface area contributed by atoms with Crippen LogP contribution in [0.1, 0.15) is 67.9 Å². The van der Waals surface area contributed by atoms with Crippen molar-refractivity contribution in [3.8, 4) is 5.75 Å². The highest BCUT2D eigenvalue weighted by Crippen LogP contribution is 2.46. The zero-order chi connectivity index (χ0) is 39.7. The summed E-state index contributed by atoms with van der Waals surface area (Å²) in [5, 5.41) is 14.0. The summed E-state index contributed by atoms with van der Waals surface area (Å²) >= 11 is 0. The predicted molar refractivity (Wildman–Crippen MR) is 214 cm³/mol. The van der Waals surface area contributed by atoms with Gasteiger partial charge < -0.3 is 32.8 Å². The summed E-state index contributed by atoms with van der Waals surface area (Å²) in [6.07, 6.45) is -4.96. The first-order valence-corrected chi connectivity index (χ1v) is 26.9. The van der Waals surface area contributed by atoms with Gasteiger partial charge in [0.15, 0.2) is 31.1 Å². The third-order valence-corrected chi connectivity index (χ3v) is 24.8. The van der Waals surface area contributed by atoms with Gasteiger partial charge in [-0.25, -0.2) is 4.79 Å². The molecule has 5 atom stereocenters.